The summed E-state index contributed by atoms with van der Waals surface area (Å²) in [5, 5.41) is 7.51. The fourth-order valence-electron chi connectivity index (χ4n) is 2.55. The van der Waals surface area contributed by atoms with E-state index in [4.69, 9.17) is 23.8 Å². The molecule has 0 saturated heterocycles. The van der Waals surface area contributed by atoms with Gasteiger partial charge in [0.2, 0.25) is 5.91 Å². The van der Waals surface area contributed by atoms with Crippen LogP contribution in [-0.2, 0) is 17.9 Å². The number of H-pyrrole nitrogens is 1. The molecule has 0 saturated carbocycles. The molecule has 0 atom stereocenters. The number of hydrogen-bond donors (Lipinski definition) is 1. The van der Waals surface area contributed by atoms with E-state index in [1.807, 2.05) is 0 Å². The van der Waals surface area contributed by atoms with Gasteiger partial charge in [-0.1, -0.05) is 27.5 Å². The monoisotopic (exact) mass is 468 g/mol. The molecule has 27 heavy (non-hydrogen) atoms. The second-order valence-electron chi connectivity index (χ2n) is 5.93. The summed E-state index contributed by atoms with van der Waals surface area (Å²) in [7, 11) is 1.62. The lowest BCUT2D eigenvalue weighted by atomic mass is 10.2. The van der Waals surface area contributed by atoms with Crippen molar-refractivity contribution in [1.82, 2.24) is 19.7 Å². The predicted octanol–water partition coefficient (Wildman–Crippen LogP) is 4.82. The normalized spacial score (nSPS) is 10.8. The van der Waals surface area contributed by atoms with Crippen molar-refractivity contribution in [3.05, 3.63) is 68.1 Å². The molecule has 5 nitrogen and oxygen atoms in total. The Kier molecular flexibility index (Phi) is 6.08. The minimum Gasteiger partial charge on any atom is -0.340 e. The molecule has 3 rings (SSSR count). The molecule has 0 aliphatic carbocycles. The topological polar surface area (TPSA) is 53.9 Å². The van der Waals surface area contributed by atoms with Crippen molar-refractivity contribution in [2.75, 3.05) is 7.05 Å². The Morgan fingerprint density at radius 3 is 2.74 bits per heavy atom. The van der Waals surface area contributed by atoms with Crippen LogP contribution in [0, 0.1) is 10.6 Å². The van der Waals surface area contributed by atoms with E-state index in [0.717, 1.165) is 10.0 Å². The molecule has 0 fully saturated rings. The van der Waals surface area contributed by atoms with Crippen LogP contribution in [0.25, 0.3) is 11.4 Å². The third-order valence-corrected chi connectivity index (χ3v) is 5.05. The molecule has 0 bridgehead atoms. The van der Waals surface area contributed by atoms with Crippen LogP contribution in [0.1, 0.15) is 5.56 Å². The zero-order valence-corrected chi connectivity index (χ0v) is 17.4. The number of nitrogens with zero attached hydrogens (tertiary/aromatic N) is 3. The number of likely N-dealkylation sites (N-methyl/N-ethyl adjacent to an activating group) is 1. The average Bonchev–Trinajstić information content (AvgIpc) is 2.99. The van der Waals surface area contributed by atoms with Gasteiger partial charge in [-0.15, -0.1) is 0 Å². The van der Waals surface area contributed by atoms with Crippen LogP contribution >= 0.6 is 39.7 Å². The summed E-state index contributed by atoms with van der Waals surface area (Å²) in [6.45, 7) is 0.130. The average molecular weight is 470 g/mol. The number of carbonyl (C=O) groups excluding carboxylic acids is 1. The van der Waals surface area contributed by atoms with E-state index in [9.17, 15) is 9.18 Å². The van der Waals surface area contributed by atoms with E-state index in [0.29, 0.717) is 21.2 Å². The maximum absolute atomic E-state index is 13.9. The lowest BCUT2D eigenvalue weighted by Gasteiger charge is -2.18. The fraction of sp³-hybridized carbons (Fsp3) is 0.167. The van der Waals surface area contributed by atoms with Gasteiger partial charge in [0.05, 0.1) is 0 Å². The first-order chi connectivity index (χ1) is 12.8. The van der Waals surface area contributed by atoms with Crippen LogP contribution in [0.2, 0.25) is 5.02 Å². The summed E-state index contributed by atoms with van der Waals surface area (Å²) in [6.07, 6.45) is 0. The van der Waals surface area contributed by atoms with E-state index in [1.165, 1.54) is 11.0 Å². The Balaban J connectivity index is 1.80. The molecule has 140 valence electrons. The molecule has 1 heterocycles. The van der Waals surface area contributed by atoms with Crippen molar-refractivity contribution < 1.29 is 9.18 Å². The molecule has 0 unspecified atom stereocenters. The molecule has 1 N–H and O–H groups in total. The number of aromatic amines is 1. The lowest BCUT2D eigenvalue weighted by molar-refractivity contribution is -0.131. The van der Waals surface area contributed by atoms with Crippen LogP contribution in [0.3, 0.4) is 0 Å². The van der Waals surface area contributed by atoms with Crippen LogP contribution in [0.15, 0.2) is 46.9 Å². The Bertz CT molecular complexity index is 1030. The lowest BCUT2D eigenvalue weighted by Crippen LogP contribution is -2.30. The van der Waals surface area contributed by atoms with Gasteiger partial charge in [-0.25, -0.2) is 4.39 Å². The number of rotatable bonds is 5. The number of halogens is 3. The molecular formula is C18H15BrClFN4OS. The number of carbonyl (C=O) groups is 1. The Labute approximate surface area is 173 Å². The smallest absolute Gasteiger partial charge is 0.242 e. The maximum Gasteiger partial charge on any atom is 0.242 e. The SMILES string of the molecule is CN(Cc1cc(Br)ccc1F)C(=O)Cn1c(-c2ccc(Cl)cc2)n[nH]c1=S. The molecular weight excluding hydrogens is 455 g/mol. The number of hydrogen-bond acceptors (Lipinski definition) is 3. The van der Waals surface area contributed by atoms with Gasteiger partial charge in [0.1, 0.15) is 12.4 Å². The highest BCUT2D eigenvalue weighted by Crippen LogP contribution is 2.21. The molecule has 0 spiro atoms. The standard InChI is InChI=1S/C18H15BrClFN4OS/c1-24(9-12-8-13(19)4-7-15(12)21)16(26)10-25-17(22-23-18(25)27)11-2-5-14(20)6-3-11/h2-8H,9-10H2,1H3,(H,23,27). The summed E-state index contributed by atoms with van der Waals surface area (Å²) in [5.41, 5.74) is 1.20. The molecule has 0 aliphatic rings. The van der Waals surface area contributed by atoms with Gasteiger partial charge >= 0.3 is 0 Å². The van der Waals surface area contributed by atoms with E-state index in [1.54, 1.807) is 48.0 Å². The third-order valence-electron chi connectivity index (χ3n) is 4.00. The van der Waals surface area contributed by atoms with Gasteiger partial charge in [0.15, 0.2) is 10.6 Å². The molecule has 0 radical (unpaired) electrons. The summed E-state index contributed by atoms with van der Waals surface area (Å²) in [6, 6.07) is 11.7. The van der Waals surface area contributed by atoms with Gasteiger partial charge in [-0.05, 0) is 54.7 Å². The minimum atomic E-state index is -0.361. The largest absolute Gasteiger partial charge is 0.340 e. The van der Waals surface area contributed by atoms with Crippen LogP contribution in [-0.4, -0.2) is 32.6 Å². The van der Waals surface area contributed by atoms with Gasteiger partial charge in [0, 0.05) is 34.2 Å². The zero-order valence-electron chi connectivity index (χ0n) is 14.2. The number of benzene rings is 2. The third kappa shape index (κ3) is 4.63. The van der Waals surface area contributed by atoms with Crippen molar-refractivity contribution in [3.63, 3.8) is 0 Å². The molecule has 2 aromatic carbocycles. The van der Waals surface area contributed by atoms with Crippen molar-refractivity contribution in [2.24, 2.45) is 0 Å². The Morgan fingerprint density at radius 2 is 2.04 bits per heavy atom. The second kappa shape index (κ2) is 8.33. The summed E-state index contributed by atoms with van der Waals surface area (Å²) < 4.78 is 16.6. The van der Waals surface area contributed by atoms with Crippen LogP contribution in [0.4, 0.5) is 4.39 Å². The van der Waals surface area contributed by atoms with Gasteiger partial charge in [0.25, 0.3) is 0 Å². The van der Waals surface area contributed by atoms with Crippen molar-refractivity contribution in [2.45, 2.75) is 13.1 Å². The summed E-state index contributed by atoms with van der Waals surface area (Å²) >= 11 is 14.5. The Morgan fingerprint density at radius 1 is 1.33 bits per heavy atom. The highest BCUT2D eigenvalue weighted by molar-refractivity contribution is 9.10. The molecule has 1 amide bonds. The molecule has 1 aromatic heterocycles. The highest BCUT2D eigenvalue weighted by atomic mass is 79.9. The fourth-order valence-corrected chi connectivity index (χ4v) is 3.28. The van der Waals surface area contributed by atoms with Crippen molar-refractivity contribution in [1.29, 1.82) is 0 Å². The van der Waals surface area contributed by atoms with E-state index < -0.39 is 0 Å². The van der Waals surface area contributed by atoms with E-state index in [-0.39, 0.29) is 24.8 Å². The van der Waals surface area contributed by atoms with E-state index >= 15 is 0 Å². The maximum atomic E-state index is 13.9. The van der Waals surface area contributed by atoms with Gasteiger partial charge in [-0.3, -0.25) is 14.5 Å². The van der Waals surface area contributed by atoms with Crippen LogP contribution < -0.4 is 0 Å². The molecule has 9 heteroatoms. The first kappa shape index (κ1) is 19.7. The van der Waals surface area contributed by atoms with E-state index in [2.05, 4.69) is 26.1 Å². The summed E-state index contributed by atoms with van der Waals surface area (Å²) in [5.74, 6) is -0.0474. The highest BCUT2D eigenvalue weighted by Gasteiger charge is 2.17. The predicted molar refractivity (Wildman–Crippen MR) is 108 cm³/mol. The number of nitrogens with one attached hydrogen (secondary N) is 1. The first-order valence-corrected chi connectivity index (χ1v) is 9.52. The molecule has 3 aromatic rings. The zero-order chi connectivity index (χ0) is 19.6. The number of aromatic nitrogens is 3. The minimum absolute atomic E-state index is 0.0145. The molecule has 0 aliphatic heterocycles. The van der Waals surface area contributed by atoms with Crippen LogP contribution in [0.5, 0.6) is 0 Å². The Hall–Kier alpha value is -2.03. The first-order valence-electron chi connectivity index (χ1n) is 7.94. The summed E-state index contributed by atoms with van der Waals surface area (Å²) in [4.78, 5) is 14.1. The van der Waals surface area contributed by atoms with Gasteiger partial charge in [-0.2, -0.15) is 5.10 Å². The van der Waals surface area contributed by atoms with Crippen molar-refractivity contribution in [3.8, 4) is 11.4 Å². The quantitative estimate of drug-likeness (QED) is 0.545. The number of amides is 1. The second-order valence-corrected chi connectivity index (χ2v) is 7.67. The van der Waals surface area contributed by atoms with Gasteiger partial charge < -0.3 is 4.90 Å². The van der Waals surface area contributed by atoms with Crippen molar-refractivity contribution >= 4 is 45.7 Å².